The predicted molar refractivity (Wildman–Crippen MR) is 99.9 cm³/mol. The van der Waals surface area contributed by atoms with Crippen molar-refractivity contribution in [1.82, 2.24) is 5.32 Å². The van der Waals surface area contributed by atoms with Crippen molar-refractivity contribution in [2.75, 3.05) is 17.1 Å². The molecule has 0 aliphatic heterocycles. The number of carbonyl (C=O) groups excluding carboxylic acids is 1. The maximum Gasteiger partial charge on any atom is 0.232 e. The van der Waals surface area contributed by atoms with E-state index in [1.807, 2.05) is 45.9 Å². The van der Waals surface area contributed by atoms with Crippen molar-refractivity contribution in [3.05, 3.63) is 29.3 Å². The van der Waals surface area contributed by atoms with Crippen LogP contribution in [0.2, 0.25) is 0 Å². The minimum atomic E-state index is -3.39. The van der Waals surface area contributed by atoms with Gasteiger partial charge in [-0.15, -0.1) is 0 Å². The van der Waals surface area contributed by atoms with Gasteiger partial charge < -0.3 is 5.32 Å². The zero-order valence-electron chi connectivity index (χ0n) is 15.4. The first-order valence-electron chi connectivity index (χ1n) is 8.54. The number of sulfonamides is 1. The maximum absolute atomic E-state index is 12.2. The lowest BCUT2D eigenvalue weighted by Crippen LogP contribution is -2.35. The molecule has 0 saturated carbocycles. The monoisotopic (exact) mass is 354 g/mol. The Kier molecular flexibility index (Phi) is 7.73. The largest absolute Gasteiger partial charge is 0.353 e. The molecule has 5 nitrogen and oxygen atoms in total. The molecule has 0 unspecified atom stereocenters. The summed E-state index contributed by atoms with van der Waals surface area (Å²) in [5.74, 6) is -0.0156. The van der Waals surface area contributed by atoms with E-state index >= 15 is 0 Å². The van der Waals surface area contributed by atoms with Crippen LogP contribution >= 0.6 is 0 Å². The van der Waals surface area contributed by atoms with Gasteiger partial charge in [0.05, 0.1) is 11.9 Å². The fourth-order valence-electron chi connectivity index (χ4n) is 2.65. The summed E-state index contributed by atoms with van der Waals surface area (Å²) < 4.78 is 25.7. The van der Waals surface area contributed by atoms with E-state index in [0.717, 1.165) is 24.0 Å². The average Bonchev–Trinajstić information content (AvgIpc) is 2.51. The summed E-state index contributed by atoms with van der Waals surface area (Å²) in [4.78, 5) is 12.0. The molecule has 0 aromatic heterocycles. The van der Waals surface area contributed by atoms with Crippen molar-refractivity contribution in [2.45, 2.75) is 59.4 Å². The standard InChI is InChI=1S/C18H30N2O3S/c1-6-16(7-2)19-18(21)12-9-13-20(24(5,22)23)17-11-8-10-14(3)15(17)4/h8,10-11,16H,6-7,9,12-13H2,1-5H3,(H,19,21). The molecule has 6 heteroatoms. The molecule has 1 amide bonds. The van der Waals surface area contributed by atoms with E-state index in [-0.39, 0.29) is 11.9 Å². The summed E-state index contributed by atoms with van der Waals surface area (Å²) in [6.07, 6.45) is 3.83. The Morgan fingerprint density at radius 2 is 1.83 bits per heavy atom. The SMILES string of the molecule is CCC(CC)NC(=O)CCCN(c1cccc(C)c1C)S(C)(=O)=O. The molecular formula is C18H30N2O3S. The van der Waals surface area contributed by atoms with Crippen LogP contribution in [0.4, 0.5) is 5.69 Å². The van der Waals surface area contributed by atoms with Gasteiger partial charge in [-0.25, -0.2) is 8.42 Å². The second-order valence-corrected chi connectivity index (χ2v) is 8.15. The normalized spacial score (nSPS) is 11.6. The fraction of sp³-hybridized carbons (Fsp3) is 0.611. The molecule has 1 N–H and O–H groups in total. The van der Waals surface area contributed by atoms with Crippen LogP contribution < -0.4 is 9.62 Å². The molecule has 0 aliphatic carbocycles. The smallest absolute Gasteiger partial charge is 0.232 e. The fourth-order valence-corrected chi connectivity index (χ4v) is 3.66. The average molecular weight is 355 g/mol. The Morgan fingerprint density at radius 3 is 2.38 bits per heavy atom. The molecule has 0 fully saturated rings. The van der Waals surface area contributed by atoms with Gasteiger partial charge in [-0.2, -0.15) is 0 Å². The zero-order chi connectivity index (χ0) is 18.3. The lowest BCUT2D eigenvalue weighted by atomic mass is 10.1. The number of nitrogens with zero attached hydrogens (tertiary/aromatic N) is 1. The van der Waals surface area contributed by atoms with Crippen molar-refractivity contribution >= 4 is 21.6 Å². The van der Waals surface area contributed by atoms with Crippen molar-refractivity contribution in [3.63, 3.8) is 0 Å². The molecule has 0 atom stereocenters. The highest BCUT2D eigenvalue weighted by atomic mass is 32.2. The molecule has 0 spiro atoms. The van der Waals surface area contributed by atoms with Crippen LogP contribution in [0, 0.1) is 13.8 Å². The second kappa shape index (κ2) is 9.06. The molecule has 0 bridgehead atoms. The first-order valence-corrected chi connectivity index (χ1v) is 10.4. The van der Waals surface area contributed by atoms with Gasteiger partial charge in [0.1, 0.15) is 0 Å². The van der Waals surface area contributed by atoms with Gasteiger partial charge in [-0.3, -0.25) is 9.10 Å². The third-order valence-electron chi connectivity index (χ3n) is 4.36. The molecule has 0 heterocycles. The van der Waals surface area contributed by atoms with E-state index in [2.05, 4.69) is 5.32 Å². The highest BCUT2D eigenvalue weighted by Gasteiger charge is 2.20. The summed E-state index contributed by atoms with van der Waals surface area (Å²) in [6.45, 7) is 8.27. The van der Waals surface area contributed by atoms with Crippen LogP contribution in [-0.4, -0.2) is 33.2 Å². The number of rotatable bonds is 9. The number of hydrogen-bond donors (Lipinski definition) is 1. The molecule has 1 rings (SSSR count). The molecule has 136 valence electrons. The first kappa shape index (κ1) is 20.5. The first-order chi connectivity index (χ1) is 11.2. The molecule has 24 heavy (non-hydrogen) atoms. The summed E-state index contributed by atoms with van der Waals surface area (Å²) in [7, 11) is -3.39. The quantitative estimate of drug-likeness (QED) is 0.741. The van der Waals surface area contributed by atoms with Crippen molar-refractivity contribution in [3.8, 4) is 0 Å². The number of hydrogen-bond acceptors (Lipinski definition) is 3. The van der Waals surface area contributed by atoms with Crippen molar-refractivity contribution in [1.29, 1.82) is 0 Å². The van der Waals surface area contributed by atoms with E-state index in [4.69, 9.17) is 0 Å². The number of anilines is 1. The van der Waals surface area contributed by atoms with E-state index in [9.17, 15) is 13.2 Å². The molecule has 0 radical (unpaired) electrons. The minimum absolute atomic E-state index is 0.0156. The number of carbonyl (C=O) groups is 1. The predicted octanol–water partition coefficient (Wildman–Crippen LogP) is 3.15. The Hall–Kier alpha value is -1.56. The third-order valence-corrected chi connectivity index (χ3v) is 5.54. The maximum atomic E-state index is 12.2. The molecule has 1 aromatic rings. The minimum Gasteiger partial charge on any atom is -0.353 e. The number of amides is 1. The van der Waals surface area contributed by atoms with Gasteiger partial charge in [0.25, 0.3) is 0 Å². The van der Waals surface area contributed by atoms with Crippen molar-refractivity contribution in [2.24, 2.45) is 0 Å². The van der Waals surface area contributed by atoms with Gasteiger partial charge >= 0.3 is 0 Å². The summed E-state index contributed by atoms with van der Waals surface area (Å²) in [6, 6.07) is 5.83. The van der Waals surface area contributed by atoms with Crippen LogP contribution in [0.1, 0.15) is 50.7 Å². The number of aryl methyl sites for hydroxylation is 1. The molecule has 0 saturated heterocycles. The van der Waals surface area contributed by atoms with Crippen LogP contribution in [0.5, 0.6) is 0 Å². The highest BCUT2D eigenvalue weighted by molar-refractivity contribution is 7.92. The lowest BCUT2D eigenvalue weighted by molar-refractivity contribution is -0.121. The van der Waals surface area contributed by atoms with Crippen LogP contribution in [0.25, 0.3) is 0 Å². The molecule has 0 aliphatic rings. The van der Waals surface area contributed by atoms with Gasteiger partial charge in [0.15, 0.2) is 0 Å². The topological polar surface area (TPSA) is 66.5 Å². The summed E-state index contributed by atoms with van der Waals surface area (Å²) in [5, 5.41) is 2.98. The zero-order valence-corrected chi connectivity index (χ0v) is 16.2. The van der Waals surface area contributed by atoms with Gasteiger partial charge in [-0.05, 0) is 50.3 Å². The third kappa shape index (κ3) is 5.82. The summed E-state index contributed by atoms with van der Waals surface area (Å²) in [5.41, 5.74) is 2.69. The highest BCUT2D eigenvalue weighted by Crippen LogP contribution is 2.25. The summed E-state index contributed by atoms with van der Waals surface area (Å²) >= 11 is 0. The Bertz CT molecular complexity index is 652. The number of benzene rings is 1. The van der Waals surface area contributed by atoms with E-state index in [1.54, 1.807) is 0 Å². The Morgan fingerprint density at radius 1 is 1.21 bits per heavy atom. The molecule has 1 aromatic carbocycles. The van der Waals surface area contributed by atoms with Gasteiger partial charge in [0, 0.05) is 19.0 Å². The Labute approximate surface area is 146 Å². The lowest BCUT2D eigenvalue weighted by Gasteiger charge is -2.25. The second-order valence-electron chi connectivity index (χ2n) is 6.24. The van der Waals surface area contributed by atoms with E-state index in [0.29, 0.717) is 25.1 Å². The molecular weight excluding hydrogens is 324 g/mol. The van der Waals surface area contributed by atoms with Gasteiger partial charge in [-0.1, -0.05) is 26.0 Å². The Balaban J connectivity index is 2.76. The van der Waals surface area contributed by atoms with E-state index in [1.165, 1.54) is 10.6 Å². The number of nitrogens with one attached hydrogen (secondary N) is 1. The van der Waals surface area contributed by atoms with Crippen LogP contribution in [0.3, 0.4) is 0 Å². The van der Waals surface area contributed by atoms with Crippen LogP contribution in [-0.2, 0) is 14.8 Å². The van der Waals surface area contributed by atoms with Gasteiger partial charge in [0.2, 0.25) is 15.9 Å². The van der Waals surface area contributed by atoms with Crippen LogP contribution in [0.15, 0.2) is 18.2 Å². The van der Waals surface area contributed by atoms with Crippen molar-refractivity contribution < 1.29 is 13.2 Å². The van der Waals surface area contributed by atoms with E-state index < -0.39 is 10.0 Å².